The molecule has 2 aliphatic rings. The van der Waals surface area contributed by atoms with Crippen LogP contribution in [0.1, 0.15) is 17.0 Å². The van der Waals surface area contributed by atoms with Crippen LogP contribution in [0.3, 0.4) is 0 Å². The van der Waals surface area contributed by atoms with Crippen LogP contribution < -0.4 is 15.2 Å². The second kappa shape index (κ2) is 5.22. The van der Waals surface area contributed by atoms with E-state index >= 15 is 0 Å². The van der Waals surface area contributed by atoms with Gasteiger partial charge in [0.1, 0.15) is 10.8 Å². The maximum atomic E-state index is 13.0. The molecule has 0 radical (unpaired) electrons. The Hall–Kier alpha value is -2.56. The highest BCUT2D eigenvalue weighted by Gasteiger charge is 2.70. The van der Waals surface area contributed by atoms with Gasteiger partial charge in [0.05, 0.1) is 11.0 Å². The molecular formula is C18H16N2O4S. The zero-order valence-electron chi connectivity index (χ0n) is 13.5. The standard InChI is InChI=1S/C18H16N2O4S/c1-11-2-5-13(6-3-11)25(21,22)17-16(18(17,20)9-19)12-4-7-14-15(8-12)24-10-23-14/h2-8,16-17H,10,20H2,1H3/t16-,17-,18+/m1/s1. The molecule has 3 atom stereocenters. The van der Waals surface area contributed by atoms with Gasteiger partial charge in [0.25, 0.3) is 0 Å². The van der Waals surface area contributed by atoms with Crippen molar-refractivity contribution in [1.82, 2.24) is 0 Å². The minimum Gasteiger partial charge on any atom is -0.454 e. The van der Waals surface area contributed by atoms with Crippen molar-refractivity contribution in [2.24, 2.45) is 5.73 Å². The van der Waals surface area contributed by atoms with Crippen molar-refractivity contribution in [2.45, 2.75) is 28.5 Å². The lowest BCUT2D eigenvalue weighted by molar-refractivity contribution is 0.174. The van der Waals surface area contributed by atoms with Crippen molar-refractivity contribution in [3.63, 3.8) is 0 Å². The molecule has 1 heterocycles. The smallest absolute Gasteiger partial charge is 0.231 e. The summed E-state index contributed by atoms with van der Waals surface area (Å²) in [5, 5.41) is 8.53. The summed E-state index contributed by atoms with van der Waals surface area (Å²) in [6, 6.07) is 13.7. The number of nitrogens with two attached hydrogens (primary N) is 1. The molecule has 2 N–H and O–H groups in total. The molecule has 6 nitrogen and oxygen atoms in total. The molecule has 128 valence electrons. The molecule has 0 bridgehead atoms. The minimum atomic E-state index is -3.73. The fraction of sp³-hybridized carbons (Fsp3) is 0.278. The van der Waals surface area contributed by atoms with E-state index in [1.54, 1.807) is 42.5 Å². The maximum Gasteiger partial charge on any atom is 0.231 e. The fourth-order valence-electron chi connectivity index (χ4n) is 3.38. The average Bonchev–Trinajstić information content (AvgIpc) is 2.99. The molecule has 1 fully saturated rings. The van der Waals surface area contributed by atoms with Crippen LogP contribution in [0.15, 0.2) is 47.4 Å². The molecule has 25 heavy (non-hydrogen) atoms. The quantitative estimate of drug-likeness (QED) is 0.901. The molecule has 0 unspecified atom stereocenters. The number of hydrogen-bond donors (Lipinski definition) is 1. The third-order valence-electron chi connectivity index (χ3n) is 4.81. The van der Waals surface area contributed by atoms with Crippen molar-refractivity contribution in [3.05, 3.63) is 53.6 Å². The van der Waals surface area contributed by atoms with Crippen molar-refractivity contribution in [2.75, 3.05) is 6.79 Å². The normalized spacial score (nSPS) is 26.9. The zero-order chi connectivity index (χ0) is 17.8. The summed E-state index contributed by atoms with van der Waals surface area (Å²) in [6.45, 7) is 2.01. The molecule has 0 saturated heterocycles. The lowest BCUT2D eigenvalue weighted by Gasteiger charge is -2.05. The monoisotopic (exact) mass is 356 g/mol. The first-order valence-electron chi connectivity index (χ1n) is 7.78. The van der Waals surface area contributed by atoms with E-state index in [1.165, 1.54) is 0 Å². The predicted molar refractivity (Wildman–Crippen MR) is 90.0 cm³/mol. The van der Waals surface area contributed by atoms with Gasteiger partial charge in [0.2, 0.25) is 6.79 Å². The van der Waals surface area contributed by atoms with E-state index in [-0.39, 0.29) is 11.7 Å². The van der Waals surface area contributed by atoms with Gasteiger partial charge in [-0.1, -0.05) is 23.8 Å². The summed E-state index contributed by atoms with van der Waals surface area (Å²) in [6.07, 6.45) is 0. The van der Waals surface area contributed by atoms with E-state index in [4.69, 9.17) is 15.2 Å². The third-order valence-corrected chi connectivity index (χ3v) is 7.07. The number of benzene rings is 2. The number of hydrogen-bond acceptors (Lipinski definition) is 6. The lowest BCUT2D eigenvalue weighted by atomic mass is 10.1. The summed E-state index contributed by atoms with van der Waals surface area (Å²) in [5.74, 6) is 0.524. The molecule has 0 spiro atoms. The Labute approximate surface area is 145 Å². The van der Waals surface area contributed by atoms with Crippen molar-refractivity contribution in [1.29, 1.82) is 5.26 Å². The SMILES string of the molecule is Cc1ccc(S(=O)(=O)[C@@H]2[C@@H](c3ccc4c(c3)OCO4)[C@@]2(N)C#N)cc1. The Morgan fingerprint density at radius 2 is 1.84 bits per heavy atom. The number of ether oxygens (including phenoxy) is 2. The zero-order valence-corrected chi connectivity index (χ0v) is 14.3. The fourth-order valence-corrected chi connectivity index (χ4v) is 5.56. The molecule has 1 aliphatic carbocycles. The molecule has 2 aromatic rings. The van der Waals surface area contributed by atoms with Crippen LogP contribution in [0.5, 0.6) is 11.5 Å². The van der Waals surface area contributed by atoms with Gasteiger partial charge in [-0.3, -0.25) is 0 Å². The molecule has 0 aromatic heterocycles. The molecule has 1 saturated carbocycles. The summed E-state index contributed by atoms with van der Waals surface area (Å²) in [7, 11) is -3.73. The summed E-state index contributed by atoms with van der Waals surface area (Å²) in [5.41, 5.74) is 6.31. The van der Waals surface area contributed by atoms with Gasteiger partial charge in [-0.05, 0) is 36.8 Å². The molecule has 7 heteroatoms. The number of rotatable bonds is 3. The summed E-state index contributed by atoms with van der Waals surface area (Å²) in [4.78, 5) is 0.177. The number of aryl methyl sites for hydroxylation is 1. The topological polar surface area (TPSA) is 102 Å². The van der Waals surface area contributed by atoms with Crippen LogP contribution in [-0.2, 0) is 9.84 Å². The first kappa shape index (κ1) is 15.9. The molecular weight excluding hydrogens is 340 g/mol. The Kier molecular flexibility index (Phi) is 3.33. The van der Waals surface area contributed by atoms with Gasteiger partial charge >= 0.3 is 0 Å². The van der Waals surface area contributed by atoms with Gasteiger partial charge in [-0.15, -0.1) is 0 Å². The van der Waals surface area contributed by atoms with Crippen molar-refractivity contribution < 1.29 is 17.9 Å². The van der Waals surface area contributed by atoms with Gasteiger partial charge in [-0.2, -0.15) is 5.26 Å². The number of nitrogens with zero attached hydrogens (tertiary/aromatic N) is 1. The van der Waals surface area contributed by atoms with E-state index in [0.29, 0.717) is 17.1 Å². The highest BCUT2D eigenvalue weighted by molar-refractivity contribution is 7.92. The van der Waals surface area contributed by atoms with Crippen LogP contribution in [0, 0.1) is 18.3 Å². The highest BCUT2D eigenvalue weighted by Crippen LogP contribution is 2.56. The Morgan fingerprint density at radius 1 is 1.16 bits per heavy atom. The van der Waals surface area contributed by atoms with Crippen LogP contribution in [-0.4, -0.2) is 26.0 Å². The molecule has 2 aromatic carbocycles. The second-order valence-corrected chi connectivity index (χ2v) is 8.48. The van der Waals surface area contributed by atoms with Crippen LogP contribution >= 0.6 is 0 Å². The Bertz CT molecular complexity index is 995. The molecule has 0 amide bonds. The van der Waals surface area contributed by atoms with Crippen LogP contribution in [0.4, 0.5) is 0 Å². The highest BCUT2D eigenvalue weighted by atomic mass is 32.2. The Balaban J connectivity index is 1.75. The average molecular weight is 356 g/mol. The lowest BCUT2D eigenvalue weighted by Crippen LogP contribution is -2.29. The Morgan fingerprint density at radius 3 is 2.52 bits per heavy atom. The first-order valence-corrected chi connectivity index (χ1v) is 9.33. The summed E-state index contributed by atoms with van der Waals surface area (Å²) < 4.78 is 36.6. The van der Waals surface area contributed by atoms with Gasteiger partial charge in [0, 0.05) is 5.92 Å². The summed E-state index contributed by atoms with van der Waals surface area (Å²) >= 11 is 0. The van der Waals surface area contributed by atoms with E-state index in [2.05, 4.69) is 0 Å². The van der Waals surface area contributed by atoms with E-state index < -0.39 is 26.5 Å². The second-order valence-electron chi connectivity index (χ2n) is 6.41. The molecule has 4 rings (SSSR count). The van der Waals surface area contributed by atoms with Gasteiger partial charge < -0.3 is 15.2 Å². The van der Waals surface area contributed by atoms with E-state index in [1.807, 2.05) is 13.0 Å². The molecule has 1 aliphatic heterocycles. The number of nitriles is 1. The van der Waals surface area contributed by atoms with E-state index in [9.17, 15) is 13.7 Å². The van der Waals surface area contributed by atoms with Gasteiger partial charge in [-0.25, -0.2) is 8.42 Å². The van der Waals surface area contributed by atoms with Crippen LogP contribution in [0.25, 0.3) is 0 Å². The van der Waals surface area contributed by atoms with Crippen LogP contribution in [0.2, 0.25) is 0 Å². The maximum absolute atomic E-state index is 13.0. The van der Waals surface area contributed by atoms with E-state index in [0.717, 1.165) is 5.56 Å². The first-order chi connectivity index (χ1) is 11.9. The van der Waals surface area contributed by atoms with Crippen molar-refractivity contribution >= 4 is 9.84 Å². The number of fused-ring (bicyclic) bond motifs is 1. The minimum absolute atomic E-state index is 0.126. The largest absolute Gasteiger partial charge is 0.454 e. The predicted octanol–water partition coefficient (Wildman–Crippen LogP) is 1.88. The van der Waals surface area contributed by atoms with Gasteiger partial charge in [0.15, 0.2) is 21.3 Å². The number of sulfone groups is 1. The van der Waals surface area contributed by atoms with Crippen molar-refractivity contribution in [3.8, 4) is 17.6 Å². The third kappa shape index (κ3) is 2.29.